The van der Waals surface area contributed by atoms with E-state index in [0.29, 0.717) is 23.7 Å². The molecule has 2 heterocycles. The van der Waals surface area contributed by atoms with Gasteiger partial charge in [-0.1, -0.05) is 23.7 Å². The second-order valence-electron chi connectivity index (χ2n) is 6.47. The normalized spacial score (nSPS) is 16.2. The van der Waals surface area contributed by atoms with Crippen LogP contribution in [-0.4, -0.2) is 36.0 Å². The molecule has 1 saturated heterocycles. The number of rotatable bonds is 4. The van der Waals surface area contributed by atoms with Gasteiger partial charge in [-0.2, -0.15) is 0 Å². The SMILES string of the molecule is CC(NC(=O)NC1CCN(C(=O)c2ccoc2)CC1)c1ccc(Cl)cc1. The fraction of sp³-hybridized carbons (Fsp3) is 0.368. The molecule has 1 aromatic heterocycles. The Balaban J connectivity index is 1.44. The zero-order valence-corrected chi connectivity index (χ0v) is 15.3. The highest BCUT2D eigenvalue weighted by Crippen LogP contribution is 2.17. The second kappa shape index (κ2) is 8.27. The predicted molar refractivity (Wildman–Crippen MR) is 99.2 cm³/mol. The van der Waals surface area contributed by atoms with Crippen molar-refractivity contribution in [3.63, 3.8) is 0 Å². The van der Waals surface area contributed by atoms with Crippen molar-refractivity contribution in [2.24, 2.45) is 0 Å². The van der Waals surface area contributed by atoms with Gasteiger partial charge in [0.1, 0.15) is 6.26 Å². The van der Waals surface area contributed by atoms with E-state index in [2.05, 4.69) is 10.6 Å². The van der Waals surface area contributed by atoms with E-state index in [1.165, 1.54) is 12.5 Å². The van der Waals surface area contributed by atoms with E-state index in [-0.39, 0.29) is 24.0 Å². The van der Waals surface area contributed by atoms with Gasteiger partial charge in [0.15, 0.2) is 0 Å². The van der Waals surface area contributed by atoms with Crippen molar-refractivity contribution in [2.45, 2.75) is 31.8 Å². The summed E-state index contributed by atoms with van der Waals surface area (Å²) in [5.74, 6) is -0.0296. The molecule has 1 atom stereocenters. The molecular formula is C19H22ClN3O3. The highest BCUT2D eigenvalue weighted by molar-refractivity contribution is 6.30. The molecule has 0 aliphatic carbocycles. The highest BCUT2D eigenvalue weighted by atomic mass is 35.5. The lowest BCUT2D eigenvalue weighted by molar-refractivity contribution is 0.0707. The van der Waals surface area contributed by atoms with Gasteiger partial charge in [-0.05, 0) is 43.5 Å². The number of carbonyl (C=O) groups excluding carboxylic acids is 2. The van der Waals surface area contributed by atoms with Crippen LogP contribution in [-0.2, 0) is 0 Å². The molecule has 0 bridgehead atoms. The quantitative estimate of drug-likeness (QED) is 0.857. The highest BCUT2D eigenvalue weighted by Gasteiger charge is 2.25. The first kappa shape index (κ1) is 18.3. The van der Waals surface area contributed by atoms with Crippen LogP contribution in [0.25, 0.3) is 0 Å². The number of furan rings is 1. The fourth-order valence-corrected chi connectivity index (χ4v) is 3.18. The third-order valence-electron chi connectivity index (χ3n) is 4.60. The Labute approximate surface area is 157 Å². The summed E-state index contributed by atoms with van der Waals surface area (Å²) in [7, 11) is 0. The Bertz CT molecular complexity index is 738. The van der Waals surface area contributed by atoms with Crippen LogP contribution in [0.4, 0.5) is 4.79 Å². The fourth-order valence-electron chi connectivity index (χ4n) is 3.05. The van der Waals surface area contributed by atoms with Crippen molar-refractivity contribution >= 4 is 23.5 Å². The van der Waals surface area contributed by atoms with E-state index in [1.807, 2.05) is 19.1 Å². The van der Waals surface area contributed by atoms with E-state index in [1.54, 1.807) is 23.1 Å². The van der Waals surface area contributed by atoms with Gasteiger partial charge < -0.3 is 20.0 Å². The molecule has 1 fully saturated rings. The number of piperidine rings is 1. The van der Waals surface area contributed by atoms with E-state index in [0.717, 1.165) is 18.4 Å². The molecule has 138 valence electrons. The topological polar surface area (TPSA) is 74.6 Å². The number of hydrogen-bond donors (Lipinski definition) is 2. The lowest BCUT2D eigenvalue weighted by Gasteiger charge is -2.32. The number of nitrogens with one attached hydrogen (secondary N) is 2. The third kappa shape index (κ3) is 4.58. The predicted octanol–water partition coefficient (Wildman–Crippen LogP) is 3.60. The van der Waals surface area contributed by atoms with Crippen LogP contribution in [0.5, 0.6) is 0 Å². The van der Waals surface area contributed by atoms with Crippen LogP contribution in [0.1, 0.15) is 41.7 Å². The summed E-state index contributed by atoms with van der Waals surface area (Å²) in [6.45, 7) is 3.15. The molecule has 0 saturated carbocycles. The van der Waals surface area contributed by atoms with Crippen LogP contribution in [0, 0.1) is 0 Å². The summed E-state index contributed by atoms with van der Waals surface area (Å²) >= 11 is 5.88. The molecule has 6 nitrogen and oxygen atoms in total. The van der Waals surface area contributed by atoms with Crippen molar-refractivity contribution in [1.82, 2.24) is 15.5 Å². The number of urea groups is 1. The number of amides is 3. The van der Waals surface area contributed by atoms with Crippen LogP contribution >= 0.6 is 11.6 Å². The average molecular weight is 376 g/mol. The molecule has 3 rings (SSSR count). The van der Waals surface area contributed by atoms with Gasteiger partial charge in [-0.25, -0.2) is 4.79 Å². The maximum absolute atomic E-state index is 12.3. The first-order valence-corrected chi connectivity index (χ1v) is 9.04. The van der Waals surface area contributed by atoms with Gasteiger partial charge in [0, 0.05) is 24.2 Å². The standard InChI is InChI=1S/C19H22ClN3O3/c1-13(14-2-4-16(20)5-3-14)21-19(25)22-17-6-9-23(10-7-17)18(24)15-8-11-26-12-15/h2-5,8,11-13,17H,6-7,9-10H2,1H3,(H2,21,22,25). The molecule has 0 radical (unpaired) electrons. The first-order chi connectivity index (χ1) is 12.5. The third-order valence-corrected chi connectivity index (χ3v) is 4.86. The van der Waals surface area contributed by atoms with Crippen LogP contribution in [0.15, 0.2) is 47.3 Å². The smallest absolute Gasteiger partial charge is 0.315 e. The van der Waals surface area contributed by atoms with Gasteiger partial charge in [-0.15, -0.1) is 0 Å². The summed E-state index contributed by atoms with van der Waals surface area (Å²) in [6, 6.07) is 8.81. The number of nitrogens with zero attached hydrogens (tertiary/aromatic N) is 1. The van der Waals surface area contributed by atoms with Crippen LogP contribution in [0.2, 0.25) is 5.02 Å². The summed E-state index contributed by atoms with van der Waals surface area (Å²) in [5, 5.41) is 6.59. The van der Waals surface area contributed by atoms with Crippen molar-refractivity contribution in [1.29, 1.82) is 0 Å². The van der Waals surface area contributed by atoms with Crippen molar-refractivity contribution in [2.75, 3.05) is 13.1 Å². The summed E-state index contributed by atoms with van der Waals surface area (Å²) < 4.78 is 4.96. The van der Waals surface area contributed by atoms with Gasteiger partial charge in [0.05, 0.1) is 17.9 Å². The van der Waals surface area contributed by atoms with E-state index >= 15 is 0 Å². The van der Waals surface area contributed by atoms with E-state index < -0.39 is 0 Å². The lowest BCUT2D eigenvalue weighted by Crippen LogP contribution is -2.49. The average Bonchev–Trinajstić information content (AvgIpc) is 3.17. The summed E-state index contributed by atoms with van der Waals surface area (Å²) in [4.78, 5) is 26.3. The number of hydrogen-bond acceptors (Lipinski definition) is 3. The maximum atomic E-state index is 12.3. The van der Waals surface area contributed by atoms with Gasteiger partial charge >= 0.3 is 6.03 Å². The Morgan fingerprint density at radius 1 is 1.19 bits per heavy atom. The summed E-state index contributed by atoms with van der Waals surface area (Å²) in [6.07, 6.45) is 4.41. The van der Waals surface area contributed by atoms with Crippen LogP contribution < -0.4 is 10.6 Å². The van der Waals surface area contributed by atoms with Crippen molar-refractivity contribution in [3.05, 3.63) is 59.0 Å². The van der Waals surface area contributed by atoms with Crippen LogP contribution in [0.3, 0.4) is 0 Å². The molecule has 7 heteroatoms. The molecule has 1 aromatic carbocycles. The Morgan fingerprint density at radius 3 is 2.50 bits per heavy atom. The molecule has 0 spiro atoms. The largest absolute Gasteiger partial charge is 0.472 e. The Hall–Kier alpha value is -2.47. The first-order valence-electron chi connectivity index (χ1n) is 8.67. The molecule has 1 aliphatic rings. The number of likely N-dealkylation sites (tertiary alicyclic amines) is 1. The maximum Gasteiger partial charge on any atom is 0.315 e. The van der Waals surface area contributed by atoms with Gasteiger partial charge in [-0.3, -0.25) is 4.79 Å². The van der Waals surface area contributed by atoms with Crippen molar-refractivity contribution in [3.8, 4) is 0 Å². The molecule has 2 N–H and O–H groups in total. The molecule has 1 unspecified atom stereocenters. The molecule has 3 amide bonds. The number of carbonyl (C=O) groups is 2. The summed E-state index contributed by atoms with van der Waals surface area (Å²) in [5.41, 5.74) is 1.55. The Kier molecular flexibility index (Phi) is 5.83. The molecule has 26 heavy (non-hydrogen) atoms. The van der Waals surface area contributed by atoms with Gasteiger partial charge in [0.2, 0.25) is 0 Å². The minimum atomic E-state index is -0.202. The molecular weight excluding hydrogens is 354 g/mol. The van der Waals surface area contributed by atoms with E-state index in [4.69, 9.17) is 16.0 Å². The zero-order valence-electron chi connectivity index (χ0n) is 14.6. The van der Waals surface area contributed by atoms with Crippen molar-refractivity contribution < 1.29 is 14.0 Å². The molecule has 2 aromatic rings. The van der Waals surface area contributed by atoms with E-state index in [9.17, 15) is 9.59 Å². The lowest BCUT2D eigenvalue weighted by atomic mass is 10.0. The Morgan fingerprint density at radius 2 is 1.88 bits per heavy atom. The monoisotopic (exact) mass is 375 g/mol. The second-order valence-corrected chi connectivity index (χ2v) is 6.91. The van der Waals surface area contributed by atoms with Gasteiger partial charge in [0.25, 0.3) is 5.91 Å². The number of halogens is 1. The minimum Gasteiger partial charge on any atom is -0.472 e. The minimum absolute atomic E-state index is 0.0296. The molecule has 1 aliphatic heterocycles. The number of benzene rings is 1. The zero-order chi connectivity index (χ0) is 18.5.